The van der Waals surface area contributed by atoms with E-state index in [4.69, 9.17) is 10.6 Å². The molecule has 2 rings (SSSR count). The number of thiophene rings is 1. The number of methoxy groups -OCH3 is 1. The van der Waals surface area contributed by atoms with Gasteiger partial charge in [-0.3, -0.25) is 5.84 Å². The molecule has 0 bridgehead atoms. The summed E-state index contributed by atoms with van der Waals surface area (Å²) in [7, 11) is 1.44. The third kappa shape index (κ3) is 2.56. The minimum Gasteiger partial charge on any atom is -0.494 e. The summed E-state index contributed by atoms with van der Waals surface area (Å²) in [6.07, 6.45) is 0. The van der Waals surface area contributed by atoms with Gasteiger partial charge in [-0.15, -0.1) is 0 Å². The number of ether oxygens (including phenoxy) is 1. The van der Waals surface area contributed by atoms with Gasteiger partial charge in [0, 0.05) is 9.85 Å². The van der Waals surface area contributed by atoms with E-state index in [-0.39, 0.29) is 11.8 Å². The lowest BCUT2D eigenvalue weighted by molar-refractivity contribution is 0.385. The number of hydrogen-bond acceptors (Lipinski definition) is 4. The summed E-state index contributed by atoms with van der Waals surface area (Å²) >= 11 is 5.00. The van der Waals surface area contributed by atoms with Gasteiger partial charge in [0.1, 0.15) is 0 Å². The molecule has 3 N–H and O–H groups in total. The van der Waals surface area contributed by atoms with Crippen LogP contribution in [0.4, 0.5) is 4.39 Å². The van der Waals surface area contributed by atoms with E-state index in [1.165, 1.54) is 13.2 Å². The van der Waals surface area contributed by atoms with E-state index < -0.39 is 5.82 Å². The standard InChI is InChI=1S/C12H12BrFN2OS/c1-17-11-3-2-7(4-10(11)14)12(16-15)8-5-18-6-9(8)13/h2-6,12,16H,15H2,1H3. The van der Waals surface area contributed by atoms with Crippen molar-refractivity contribution >= 4 is 27.3 Å². The number of halogens is 2. The Morgan fingerprint density at radius 3 is 2.72 bits per heavy atom. The maximum Gasteiger partial charge on any atom is 0.165 e. The van der Waals surface area contributed by atoms with Crippen LogP contribution in [0.25, 0.3) is 0 Å². The lowest BCUT2D eigenvalue weighted by Crippen LogP contribution is -2.28. The second kappa shape index (κ2) is 5.79. The second-order valence-electron chi connectivity index (χ2n) is 3.67. The summed E-state index contributed by atoms with van der Waals surface area (Å²) < 4.78 is 19.5. The zero-order valence-corrected chi connectivity index (χ0v) is 12.0. The maximum atomic E-state index is 13.7. The van der Waals surface area contributed by atoms with Crippen LogP contribution in [0.3, 0.4) is 0 Å². The van der Waals surface area contributed by atoms with Crippen LogP contribution in [-0.2, 0) is 0 Å². The summed E-state index contributed by atoms with van der Waals surface area (Å²) in [5.74, 6) is 5.39. The third-order valence-corrected chi connectivity index (χ3v) is 4.38. The number of nitrogens with two attached hydrogens (primary N) is 1. The smallest absolute Gasteiger partial charge is 0.165 e. The van der Waals surface area contributed by atoms with Gasteiger partial charge in [0.05, 0.1) is 13.2 Å². The van der Waals surface area contributed by atoms with Gasteiger partial charge in [0.15, 0.2) is 11.6 Å². The molecule has 1 heterocycles. The average molecular weight is 331 g/mol. The van der Waals surface area contributed by atoms with E-state index >= 15 is 0 Å². The molecule has 0 spiro atoms. The van der Waals surface area contributed by atoms with Crippen molar-refractivity contribution in [3.05, 3.63) is 50.4 Å². The number of benzene rings is 1. The SMILES string of the molecule is COc1ccc(C(NN)c2cscc2Br)cc1F. The van der Waals surface area contributed by atoms with Gasteiger partial charge < -0.3 is 4.74 Å². The molecular weight excluding hydrogens is 319 g/mol. The first kappa shape index (κ1) is 13.5. The monoisotopic (exact) mass is 330 g/mol. The highest BCUT2D eigenvalue weighted by molar-refractivity contribution is 9.10. The lowest BCUT2D eigenvalue weighted by atomic mass is 10.0. The van der Waals surface area contributed by atoms with Gasteiger partial charge in [0.25, 0.3) is 0 Å². The van der Waals surface area contributed by atoms with Gasteiger partial charge in [0.2, 0.25) is 0 Å². The summed E-state index contributed by atoms with van der Waals surface area (Å²) in [6.45, 7) is 0. The molecule has 0 saturated carbocycles. The van der Waals surface area contributed by atoms with Crippen LogP contribution in [0.1, 0.15) is 17.2 Å². The molecule has 1 unspecified atom stereocenters. The van der Waals surface area contributed by atoms with Crippen LogP contribution in [0, 0.1) is 5.82 Å². The van der Waals surface area contributed by atoms with Crippen molar-refractivity contribution < 1.29 is 9.13 Å². The van der Waals surface area contributed by atoms with E-state index in [2.05, 4.69) is 21.4 Å². The fourth-order valence-corrected chi connectivity index (χ4v) is 3.28. The largest absolute Gasteiger partial charge is 0.494 e. The highest BCUT2D eigenvalue weighted by Crippen LogP contribution is 2.32. The number of nitrogens with one attached hydrogen (secondary N) is 1. The Morgan fingerprint density at radius 2 is 2.22 bits per heavy atom. The van der Waals surface area contributed by atoms with Crippen molar-refractivity contribution in [1.82, 2.24) is 5.43 Å². The molecule has 0 aliphatic heterocycles. The van der Waals surface area contributed by atoms with Crippen molar-refractivity contribution in [2.75, 3.05) is 7.11 Å². The van der Waals surface area contributed by atoms with E-state index in [9.17, 15) is 4.39 Å². The number of hydrazine groups is 1. The zero-order chi connectivity index (χ0) is 13.1. The van der Waals surface area contributed by atoms with Crippen LogP contribution < -0.4 is 16.0 Å². The van der Waals surface area contributed by atoms with Crippen molar-refractivity contribution in [2.45, 2.75) is 6.04 Å². The van der Waals surface area contributed by atoms with Crippen LogP contribution in [0.5, 0.6) is 5.75 Å². The minimum atomic E-state index is -0.401. The number of hydrogen-bond donors (Lipinski definition) is 2. The highest BCUT2D eigenvalue weighted by atomic mass is 79.9. The van der Waals surface area contributed by atoms with Crippen LogP contribution >= 0.6 is 27.3 Å². The van der Waals surface area contributed by atoms with E-state index in [1.54, 1.807) is 23.5 Å². The normalized spacial score (nSPS) is 12.4. The number of rotatable bonds is 4. The first-order valence-corrected chi connectivity index (χ1v) is 6.92. The van der Waals surface area contributed by atoms with Gasteiger partial charge >= 0.3 is 0 Å². The van der Waals surface area contributed by atoms with Crippen LogP contribution in [-0.4, -0.2) is 7.11 Å². The molecule has 18 heavy (non-hydrogen) atoms. The topological polar surface area (TPSA) is 47.3 Å². The molecule has 1 aromatic heterocycles. The molecule has 0 aliphatic carbocycles. The van der Waals surface area contributed by atoms with Crippen LogP contribution in [0.15, 0.2) is 33.4 Å². The quantitative estimate of drug-likeness (QED) is 0.668. The first-order chi connectivity index (χ1) is 8.67. The van der Waals surface area contributed by atoms with E-state index in [0.717, 1.165) is 15.6 Å². The highest BCUT2D eigenvalue weighted by Gasteiger charge is 2.17. The first-order valence-electron chi connectivity index (χ1n) is 5.18. The molecule has 2 aromatic rings. The molecule has 0 radical (unpaired) electrons. The minimum absolute atomic E-state index is 0.221. The molecule has 0 saturated heterocycles. The van der Waals surface area contributed by atoms with E-state index in [0.29, 0.717) is 0 Å². The Hall–Kier alpha value is -0.950. The molecule has 0 aliphatic rings. The second-order valence-corrected chi connectivity index (χ2v) is 5.27. The van der Waals surface area contributed by atoms with Crippen molar-refractivity contribution in [1.29, 1.82) is 0 Å². The Kier molecular flexibility index (Phi) is 4.34. The molecule has 3 nitrogen and oxygen atoms in total. The molecule has 6 heteroatoms. The molecule has 0 amide bonds. The Bertz CT molecular complexity index is 547. The fourth-order valence-electron chi connectivity index (χ4n) is 1.73. The molecular formula is C12H12BrFN2OS. The van der Waals surface area contributed by atoms with Gasteiger partial charge in [-0.2, -0.15) is 11.3 Å². The summed E-state index contributed by atoms with van der Waals surface area (Å²) in [5.41, 5.74) is 4.42. The Morgan fingerprint density at radius 1 is 1.44 bits per heavy atom. The van der Waals surface area contributed by atoms with Gasteiger partial charge in [-0.05, 0) is 44.6 Å². The Balaban J connectivity index is 2.40. The molecule has 96 valence electrons. The fraction of sp³-hybridized carbons (Fsp3) is 0.167. The molecule has 0 fully saturated rings. The van der Waals surface area contributed by atoms with E-state index in [1.807, 2.05) is 10.8 Å². The van der Waals surface area contributed by atoms with Crippen molar-refractivity contribution in [2.24, 2.45) is 5.84 Å². The Labute approximate surface area is 117 Å². The predicted octanol–water partition coefficient (Wildman–Crippen LogP) is 3.21. The van der Waals surface area contributed by atoms with Crippen molar-refractivity contribution in [3.63, 3.8) is 0 Å². The van der Waals surface area contributed by atoms with Gasteiger partial charge in [-0.25, -0.2) is 9.82 Å². The molecule has 1 aromatic carbocycles. The zero-order valence-electron chi connectivity index (χ0n) is 9.61. The lowest BCUT2D eigenvalue weighted by Gasteiger charge is -2.16. The summed E-state index contributed by atoms with van der Waals surface area (Å²) in [5, 5.41) is 3.93. The van der Waals surface area contributed by atoms with Gasteiger partial charge in [-0.1, -0.05) is 6.07 Å². The predicted molar refractivity (Wildman–Crippen MR) is 74.1 cm³/mol. The molecule has 1 atom stereocenters. The van der Waals surface area contributed by atoms with Crippen molar-refractivity contribution in [3.8, 4) is 5.75 Å². The summed E-state index contributed by atoms with van der Waals surface area (Å²) in [4.78, 5) is 0. The third-order valence-electron chi connectivity index (χ3n) is 2.63. The average Bonchev–Trinajstić information content (AvgIpc) is 2.77. The maximum absolute atomic E-state index is 13.7. The van der Waals surface area contributed by atoms with Crippen LogP contribution in [0.2, 0.25) is 0 Å². The summed E-state index contributed by atoms with van der Waals surface area (Å²) in [6, 6.07) is 4.55.